The van der Waals surface area contributed by atoms with Crippen molar-refractivity contribution in [2.75, 3.05) is 0 Å². The van der Waals surface area contributed by atoms with Crippen molar-refractivity contribution >= 4 is 0 Å². The van der Waals surface area contributed by atoms with Crippen molar-refractivity contribution in [2.24, 2.45) is 0 Å². The summed E-state index contributed by atoms with van der Waals surface area (Å²) in [5.74, 6) is 0.378. The molecule has 384 valence electrons. The molecule has 0 amide bonds. The van der Waals surface area contributed by atoms with Gasteiger partial charge in [0.2, 0.25) is 0 Å². The van der Waals surface area contributed by atoms with Crippen LogP contribution in [0.5, 0.6) is 17.2 Å². The number of aromatic hydroxyl groups is 3. The fourth-order valence-electron chi connectivity index (χ4n) is 10.5. The molecule has 4 rings (SSSR count). The molecule has 9 nitrogen and oxygen atoms in total. The van der Waals surface area contributed by atoms with E-state index in [-0.39, 0.29) is 46.6 Å². The van der Waals surface area contributed by atoms with Gasteiger partial charge in [0.15, 0.2) is 0 Å². The fraction of sp³-hybridized carbons (Fsp3) is 0.650. The lowest BCUT2D eigenvalue weighted by molar-refractivity contribution is 0.398. The highest BCUT2D eigenvalue weighted by Gasteiger charge is 2.31. The maximum Gasteiger partial charge on any atom is 0.337 e. The molecular weight excluding hydrogens is 859 g/mol. The fourth-order valence-corrected chi connectivity index (χ4v) is 10.5. The van der Waals surface area contributed by atoms with Gasteiger partial charge in [0.1, 0.15) is 17.2 Å². The van der Waals surface area contributed by atoms with Crippen molar-refractivity contribution in [1.82, 2.24) is 13.7 Å². The van der Waals surface area contributed by atoms with E-state index in [1.165, 1.54) is 81.6 Å². The lowest BCUT2D eigenvalue weighted by Crippen LogP contribution is -2.56. The number of benzene rings is 3. The molecule has 1 aromatic heterocycles. The third kappa shape index (κ3) is 13.9. The van der Waals surface area contributed by atoms with Gasteiger partial charge in [-0.1, -0.05) is 190 Å². The van der Waals surface area contributed by atoms with Crippen LogP contribution in [0.25, 0.3) is 0 Å². The van der Waals surface area contributed by atoms with E-state index in [4.69, 9.17) is 0 Å². The minimum atomic E-state index is -0.799. The molecule has 1 atom stereocenters. The zero-order valence-corrected chi connectivity index (χ0v) is 46.2. The van der Waals surface area contributed by atoms with Gasteiger partial charge in [0.25, 0.3) is 0 Å². The third-order valence-electron chi connectivity index (χ3n) is 15.0. The predicted octanol–water partition coefficient (Wildman–Crippen LogP) is 14.4. The number of phenols is 3. The van der Waals surface area contributed by atoms with Crippen LogP contribution in [0.4, 0.5) is 0 Å². The van der Waals surface area contributed by atoms with E-state index < -0.39 is 23.1 Å². The number of rotatable bonds is 23. The van der Waals surface area contributed by atoms with E-state index in [0.717, 1.165) is 68.2 Å². The molecule has 69 heavy (non-hydrogen) atoms. The number of hydrogen-bond acceptors (Lipinski definition) is 6. The maximum absolute atomic E-state index is 15.4. The number of aryl methyl sites for hydroxylation is 3. The summed E-state index contributed by atoms with van der Waals surface area (Å²) in [6.07, 6.45) is 20.0. The lowest BCUT2D eigenvalue weighted by Gasteiger charge is -2.29. The molecule has 3 aromatic carbocycles. The Balaban J connectivity index is 1.83. The van der Waals surface area contributed by atoms with Gasteiger partial charge in [-0.15, -0.1) is 0 Å². The summed E-state index contributed by atoms with van der Waals surface area (Å²) in [5.41, 5.74) is 5.21. The number of hydrogen-bond donors (Lipinski definition) is 3. The van der Waals surface area contributed by atoms with E-state index in [1.54, 1.807) is 0 Å². The Kier molecular flexibility index (Phi) is 19.9. The SMILES string of the molecule is CCCCCCCCCCCCCCCCCCC(c1c(C)cc(C(C)(C)C)c(O)c1C)n1c(=O)n(Cc2c(C)cc(C(C)(C)C)c(O)c2C)c(=O)n(Cc2c(C)cc(C(C)(C)C)c(O)c2C)c1=O. The summed E-state index contributed by atoms with van der Waals surface area (Å²) in [7, 11) is 0. The molecule has 0 aliphatic heterocycles. The van der Waals surface area contributed by atoms with Gasteiger partial charge >= 0.3 is 17.1 Å². The van der Waals surface area contributed by atoms with E-state index in [0.29, 0.717) is 39.8 Å². The second-order valence-corrected chi connectivity index (χ2v) is 23.8. The van der Waals surface area contributed by atoms with Gasteiger partial charge in [-0.25, -0.2) is 28.1 Å². The van der Waals surface area contributed by atoms with E-state index >= 15 is 14.4 Å². The van der Waals surface area contributed by atoms with Crippen molar-refractivity contribution in [3.05, 3.63) is 116 Å². The van der Waals surface area contributed by atoms with E-state index in [2.05, 4.69) is 27.7 Å². The first kappa shape index (κ1) is 57.1. The quantitative estimate of drug-likeness (QED) is 0.0636. The van der Waals surface area contributed by atoms with Crippen molar-refractivity contribution in [3.63, 3.8) is 0 Å². The molecule has 4 aromatic rings. The molecule has 0 radical (unpaired) electrons. The summed E-state index contributed by atoms with van der Waals surface area (Å²) in [6.45, 7) is 31.6. The van der Waals surface area contributed by atoms with Gasteiger partial charge in [-0.05, 0) is 131 Å². The van der Waals surface area contributed by atoms with Crippen LogP contribution in [0.3, 0.4) is 0 Å². The largest absolute Gasteiger partial charge is 0.507 e. The minimum absolute atomic E-state index is 0.118. The molecule has 9 heteroatoms. The molecule has 0 saturated carbocycles. The summed E-state index contributed by atoms with van der Waals surface area (Å²) in [6, 6.07) is 5.04. The predicted molar refractivity (Wildman–Crippen MR) is 289 cm³/mol. The Morgan fingerprint density at radius 3 is 1.07 bits per heavy atom. The highest BCUT2D eigenvalue weighted by atomic mass is 16.3. The molecule has 0 aliphatic rings. The minimum Gasteiger partial charge on any atom is -0.507 e. The normalized spacial score (nSPS) is 12.9. The Morgan fingerprint density at radius 1 is 0.435 bits per heavy atom. The molecule has 1 unspecified atom stereocenters. The Bertz CT molecular complexity index is 2450. The lowest BCUT2D eigenvalue weighted by atomic mass is 9.81. The first-order valence-corrected chi connectivity index (χ1v) is 26.6. The van der Waals surface area contributed by atoms with E-state index in [1.807, 2.05) is 101 Å². The van der Waals surface area contributed by atoms with Gasteiger partial charge in [-0.3, -0.25) is 0 Å². The number of nitrogens with zero attached hydrogens (tertiary/aromatic N) is 3. The van der Waals surface area contributed by atoms with Crippen LogP contribution in [-0.4, -0.2) is 29.0 Å². The molecule has 3 N–H and O–H groups in total. The van der Waals surface area contributed by atoms with Gasteiger partial charge in [-0.2, -0.15) is 0 Å². The number of phenolic OH excluding ortho intramolecular Hbond substituents is 3. The van der Waals surface area contributed by atoms with E-state index in [9.17, 15) is 15.3 Å². The summed E-state index contributed by atoms with van der Waals surface area (Å²) in [4.78, 5) is 45.7. The highest BCUT2D eigenvalue weighted by Crippen LogP contribution is 2.41. The molecule has 0 saturated heterocycles. The monoisotopic (exact) mass is 952 g/mol. The zero-order valence-electron chi connectivity index (χ0n) is 46.2. The Morgan fingerprint density at radius 2 is 0.739 bits per heavy atom. The van der Waals surface area contributed by atoms with Crippen molar-refractivity contribution in [3.8, 4) is 17.2 Å². The topological polar surface area (TPSA) is 127 Å². The van der Waals surface area contributed by atoms with Crippen LogP contribution in [0.15, 0.2) is 32.6 Å². The van der Waals surface area contributed by atoms with Crippen LogP contribution in [-0.2, 0) is 29.3 Å². The molecule has 0 spiro atoms. The molecule has 0 aliphatic carbocycles. The second kappa shape index (κ2) is 24.1. The first-order valence-electron chi connectivity index (χ1n) is 26.6. The van der Waals surface area contributed by atoms with Gasteiger partial charge in [0.05, 0.1) is 19.1 Å². The average Bonchev–Trinajstić information content (AvgIpc) is 3.25. The van der Waals surface area contributed by atoms with Crippen LogP contribution in [0.2, 0.25) is 0 Å². The first-order chi connectivity index (χ1) is 32.2. The third-order valence-corrected chi connectivity index (χ3v) is 15.0. The zero-order chi connectivity index (χ0) is 51.8. The van der Waals surface area contributed by atoms with Gasteiger partial charge < -0.3 is 15.3 Å². The maximum atomic E-state index is 15.4. The Labute approximate surface area is 416 Å². The standard InChI is InChI=1S/C60H93N3O6/c1-17-18-19-20-21-22-23-24-25-26-27-28-29-30-31-32-33-50(51-41(4)36-49(60(14,15)16)54(66)44(51)7)63-56(68)61(37-45-39(2)34-47(58(8,9)10)52(64)42(45)5)55(67)62(57(63)69)38-46-40(3)35-48(59(11,12)13)53(65)43(46)6/h34-36,50,64-66H,17-33,37-38H2,1-16H3. The smallest absolute Gasteiger partial charge is 0.337 e. The second-order valence-electron chi connectivity index (χ2n) is 23.8. The van der Waals surface area contributed by atoms with Crippen LogP contribution < -0.4 is 17.1 Å². The van der Waals surface area contributed by atoms with Crippen LogP contribution >= 0.6 is 0 Å². The molecule has 0 bridgehead atoms. The van der Waals surface area contributed by atoms with Crippen LogP contribution in [0.1, 0.15) is 251 Å². The Hall–Kier alpha value is -4.53. The van der Waals surface area contributed by atoms with Crippen molar-refractivity contribution < 1.29 is 15.3 Å². The number of aromatic nitrogens is 3. The van der Waals surface area contributed by atoms with Gasteiger partial charge in [0, 0.05) is 0 Å². The summed E-state index contributed by atoms with van der Waals surface area (Å²) < 4.78 is 3.56. The molecule has 0 fully saturated rings. The summed E-state index contributed by atoms with van der Waals surface area (Å²) in [5, 5.41) is 35.0. The highest BCUT2D eigenvalue weighted by molar-refractivity contribution is 5.54. The average molecular weight is 952 g/mol. The summed E-state index contributed by atoms with van der Waals surface area (Å²) >= 11 is 0. The van der Waals surface area contributed by atoms with Crippen molar-refractivity contribution in [1.29, 1.82) is 0 Å². The van der Waals surface area contributed by atoms with Crippen LogP contribution in [0, 0.1) is 41.5 Å². The molecule has 1 heterocycles. The molecular formula is C60H93N3O6. The van der Waals surface area contributed by atoms with Crippen molar-refractivity contribution in [2.45, 2.75) is 255 Å². The number of unbranched alkanes of at least 4 members (excludes halogenated alkanes) is 15.